The lowest BCUT2D eigenvalue weighted by atomic mass is 10.2. The summed E-state index contributed by atoms with van der Waals surface area (Å²) in [7, 11) is 2.46. The summed E-state index contributed by atoms with van der Waals surface area (Å²) in [5, 5.41) is 0.192. The zero-order chi connectivity index (χ0) is 14.8. The van der Waals surface area contributed by atoms with Crippen LogP contribution in [0.15, 0.2) is 18.2 Å². The van der Waals surface area contributed by atoms with Gasteiger partial charge in [0.15, 0.2) is 0 Å². The molecule has 0 saturated heterocycles. The second-order valence-corrected chi connectivity index (χ2v) is 6.58. The van der Waals surface area contributed by atoms with Crippen LogP contribution in [0.4, 0.5) is 5.69 Å². The maximum atomic E-state index is 11.8. The molecule has 0 unspecified atom stereocenters. The van der Waals surface area contributed by atoms with Gasteiger partial charge in [-0.25, -0.2) is 0 Å². The van der Waals surface area contributed by atoms with Crippen molar-refractivity contribution >= 4 is 33.4 Å². The van der Waals surface area contributed by atoms with Crippen LogP contribution in [-0.2, 0) is 10.2 Å². The summed E-state index contributed by atoms with van der Waals surface area (Å²) in [6.07, 6.45) is 0. The van der Waals surface area contributed by atoms with Gasteiger partial charge in [-0.05, 0) is 18.2 Å². The molecule has 0 atom stereocenters. The van der Waals surface area contributed by atoms with Crippen molar-refractivity contribution in [3.63, 3.8) is 0 Å². The fourth-order valence-corrected chi connectivity index (χ4v) is 2.10. The van der Waals surface area contributed by atoms with E-state index in [1.807, 2.05) is 0 Å². The lowest BCUT2D eigenvalue weighted by Gasteiger charge is -2.15. The smallest absolute Gasteiger partial charge is 0.301 e. The molecule has 19 heavy (non-hydrogen) atoms. The minimum atomic E-state index is -3.59. The number of carbonyl (C=O) groups excluding carboxylic acids is 1. The third kappa shape index (κ3) is 3.82. The number of anilines is 1. The number of benzene rings is 1. The van der Waals surface area contributed by atoms with Crippen molar-refractivity contribution < 1.29 is 13.2 Å². The molecule has 0 spiro atoms. The summed E-state index contributed by atoms with van der Waals surface area (Å²) in [6, 6.07) is 4.38. The van der Waals surface area contributed by atoms with Crippen LogP contribution in [0, 0.1) is 0 Å². The number of halogens is 1. The number of carbonyl (C=O) groups is 1. The van der Waals surface area contributed by atoms with E-state index in [1.165, 1.54) is 37.2 Å². The molecule has 0 radical (unpaired) electrons. The Balaban J connectivity index is 3.05. The number of nitrogens with zero attached hydrogens (tertiary/aromatic N) is 2. The first-order valence-electron chi connectivity index (χ1n) is 5.36. The van der Waals surface area contributed by atoms with Gasteiger partial charge in [-0.15, -0.1) is 0 Å². The van der Waals surface area contributed by atoms with Gasteiger partial charge in [-0.2, -0.15) is 12.7 Å². The van der Waals surface area contributed by atoms with Crippen molar-refractivity contribution in [1.29, 1.82) is 0 Å². The lowest BCUT2D eigenvalue weighted by Crippen LogP contribution is -2.29. The molecule has 0 aliphatic heterocycles. The fourth-order valence-electron chi connectivity index (χ4n) is 1.23. The number of hydrogen-bond acceptors (Lipinski definition) is 3. The average Bonchev–Trinajstić information content (AvgIpc) is 2.27. The van der Waals surface area contributed by atoms with Crippen molar-refractivity contribution in [2.45, 2.75) is 0 Å². The Morgan fingerprint density at radius 2 is 1.79 bits per heavy atom. The predicted octanol–water partition coefficient (Wildman–Crippen LogP) is 1.26. The minimum Gasteiger partial charge on any atom is -0.345 e. The highest BCUT2D eigenvalue weighted by atomic mass is 35.5. The summed E-state index contributed by atoms with van der Waals surface area (Å²) in [6.45, 7) is 0. The van der Waals surface area contributed by atoms with Crippen LogP contribution in [0.5, 0.6) is 0 Å². The molecule has 8 heteroatoms. The van der Waals surface area contributed by atoms with Gasteiger partial charge >= 0.3 is 10.2 Å². The Morgan fingerprint density at radius 1 is 1.21 bits per heavy atom. The van der Waals surface area contributed by atoms with Gasteiger partial charge in [0.1, 0.15) is 0 Å². The van der Waals surface area contributed by atoms with E-state index in [-0.39, 0.29) is 10.9 Å². The molecular formula is C11H16ClN3O3S. The van der Waals surface area contributed by atoms with Gasteiger partial charge in [0.25, 0.3) is 5.91 Å². The molecule has 1 aromatic carbocycles. The Bertz CT molecular complexity index is 585. The summed E-state index contributed by atoms with van der Waals surface area (Å²) in [5.41, 5.74) is 0.619. The molecular weight excluding hydrogens is 290 g/mol. The first kappa shape index (κ1) is 15.7. The molecule has 0 heterocycles. The molecule has 1 amide bonds. The van der Waals surface area contributed by atoms with E-state index in [1.54, 1.807) is 14.1 Å². The topological polar surface area (TPSA) is 69.7 Å². The second kappa shape index (κ2) is 5.77. The maximum absolute atomic E-state index is 11.8. The van der Waals surface area contributed by atoms with Crippen LogP contribution in [0.1, 0.15) is 10.4 Å². The minimum absolute atomic E-state index is 0.192. The van der Waals surface area contributed by atoms with Crippen LogP contribution in [-0.4, -0.2) is 51.7 Å². The molecule has 0 fully saturated rings. The van der Waals surface area contributed by atoms with Crippen molar-refractivity contribution in [3.05, 3.63) is 28.8 Å². The monoisotopic (exact) mass is 305 g/mol. The highest BCUT2D eigenvalue weighted by molar-refractivity contribution is 7.90. The van der Waals surface area contributed by atoms with E-state index in [2.05, 4.69) is 4.72 Å². The Hall–Kier alpha value is -1.31. The van der Waals surface area contributed by atoms with E-state index in [0.717, 1.165) is 4.31 Å². The van der Waals surface area contributed by atoms with E-state index in [4.69, 9.17) is 11.6 Å². The summed E-state index contributed by atoms with van der Waals surface area (Å²) in [4.78, 5) is 13.2. The van der Waals surface area contributed by atoms with Crippen LogP contribution in [0.2, 0.25) is 5.02 Å². The zero-order valence-corrected chi connectivity index (χ0v) is 12.7. The second-order valence-electron chi connectivity index (χ2n) is 4.28. The molecule has 1 N–H and O–H groups in total. The highest BCUT2D eigenvalue weighted by Crippen LogP contribution is 2.22. The van der Waals surface area contributed by atoms with Crippen LogP contribution < -0.4 is 4.72 Å². The Morgan fingerprint density at radius 3 is 2.21 bits per heavy atom. The van der Waals surface area contributed by atoms with E-state index in [0.29, 0.717) is 11.3 Å². The van der Waals surface area contributed by atoms with Crippen LogP contribution in [0.3, 0.4) is 0 Å². The van der Waals surface area contributed by atoms with Gasteiger partial charge in [0.2, 0.25) is 0 Å². The molecule has 0 saturated carbocycles. The zero-order valence-electron chi connectivity index (χ0n) is 11.1. The standard InChI is InChI=1S/C11H16ClN3O3S/c1-14(2)11(16)9-6-5-8(7-10(9)12)13-19(17,18)15(3)4/h5-7,13H,1-4H3. The van der Waals surface area contributed by atoms with E-state index >= 15 is 0 Å². The van der Waals surface area contributed by atoms with Gasteiger partial charge in [0, 0.05) is 28.2 Å². The van der Waals surface area contributed by atoms with Gasteiger partial charge in [0.05, 0.1) is 16.3 Å². The van der Waals surface area contributed by atoms with Crippen molar-refractivity contribution in [1.82, 2.24) is 9.21 Å². The molecule has 0 aliphatic rings. The van der Waals surface area contributed by atoms with Gasteiger partial charge in [-0.1, -0.05) is 11.6 Å². The maximum Gasteiger partial charge on any atom is 0.301 e. The SMILES string of the molecule is CN(C)C(=O)c1ccc(NS(=O)(=O)N(C)C)cc1Cl. The molecule has 0 bridgehead atoms. The normalized spacial score (nSPS) is 11.5. The first-order valence-corrected chi connectivity index (χ1v) is 7.18. The predicted molar refractivity (Wildman–Crippen MR) is 75.7 cm³/mol. The van der Waals surface area contributed by atoms with E-state index < -0.39 is 10.2 Å². The van der Waals surface area contributed by atoms with Crippen LogP contribution >= 0.6 is 11.6 Å². The number of hydrogen-bond donors (Lipinski definition) is 1. The van der Waals surface area contributed by atoms with Crippen molar-refractivity contribution in [2.24, 2.45) is 0 Å². The largest absolute Gasteiger partial charge is 0.345 e. The summed E-state index contributed by atoms with van der Waals surface area (Å²) < 4.78 is 26.7. The molecule has 1 rings (SSSR count). The van der Waals surface area contributed by atoms with E-state index in [9.17, 15) is 13.2 Å². The molecule has 0 aliphatic carbocycles. The third-order valence-corrected chi connectivity index (χ3v) is 4.10. The Kier molecular flexibility index (Phi) is 4.78. The summed E-state index contributed by atoms with van der Waals surface area (Å²) in [5.74, 6) is -0.244. The molecule has 6 nitrogen and oxygen atoms in total. The van der Waals surface area contributed by atoms with Crippen molar-refractivity contribution in [2.75, 3.05) is 32.9 Å². The van der Waals surface area contributed by atoms with Crippen molar-refractivity contribution in [3.8, 4) is 0 Å². The van der Waals surface area contributed by atoms with Gasteiger partial charge in [-0.3, -0.25) is 9.52 Å². The third-order valence-electron chi connectivity index (χ3n) is 2.33. The number of amides is 1. The van der Waals surface area contributed by atoms with Gasteiger partial charge < -0.3 is 4.90 Å². The first-order chi connectivity index (χ1) is 8.65. The molecule has 106 valence electrons. The Labute approximate surface area is 118 Å². The quantitative estimate of drug-likeness (QED) is 0.910. The lowest BCUT2D eigenvalue weighted by molar-refractivity contribution is 0.0828. The average molecular weight is 306 g/mol. The fraction of sp³-hybridized carbons (Fsp3) is 0.364. The molecule has 0 aromatic heterocycles. The molecule has 1 aromatic rings. The summed E-state index contributed by atoms with van der Waals surface area (Å²) >= 11 is 5.98. The number of rotatable bonds is 4. The van der Waals surface area contributed by atoms with Crippen LogP contribution in [0.25, 0.3) is 0 Å². The highest BCUT2D eigenvalue weighted by Gasteiger charge is 2.16. The number of nitrogens with one attached hydrogen (secondary N) is 1.